The van der Waals surface area contributed by atoms with E-state index in [0.717, 1.165) is 16.7 Å². The van der Waals surface area contributed by atoms with Crippen LogP contribution in [0.4, 0.5) is 0 Å². The number of hydrogen-bond donors (Lipinski definition) is 1. The number of Topliss-reactive ketones (excluding diaryl/α,β-unsaturated/α-hetero) is 1. The number of carbonyl (C=O) groups excluding carboxylic acids is 1. The second kappa shape index (κ2) is 9.69. The minimum absolute atomic E-state index is 0.0606. The molecule has 3 rings (SSSR count). The molecular weight excluding hydrogens is 364 g/mol. The molecule has 0 unspecified atom stereocenters. The zero-order chi connectivity index (χ0) is 20.6. The SMILES string of the molecule is Cc1ccccc1[C@H](CCC(=O)O)C(=O)c1cccc(OCc2ccccc2)c1. The first kappa shape index (κ1) is 20.3. The number of ether oxygens (including phenoxy) is 1. The van der Waals surface area contributed by atoms with Gasteiger partial charge in [0.15, 0.2) is 5.78 Å². The van der Waals surface area contributed by atoms with Crippen LogP contribution in [0, 0.1) is 6.92 Å². The Hall–Kier alpha value is -3.40. The van der Waals surface area contributed by atoms with Crippen molar-refractivity contribution >= 4 is 11.8 Å². The van der Waals surface area contributed by atoms with Gasteiger partial charge < -0.3 is 9.84 Å². The van der Waals surface area contributed by atoms with Crippen LogP contribution in [0.25, 0.3) is 0 Å². The van der Waals surface area contributed by atoms with E-state index in [1.165, 1.54) is 0 Å². The number of rotatable bonds is 9. The number of aryl methyl sites for hydroxylation is 1. The first-order valence-corrected chi connectivity index (χ1v) is 9.63. The standard InChI is InChI=1S/C25H24O4/c1-18-8-5-6-13-22(18)23(14-15-24(26)27)25(28)20-11-7-12-21(16-20)29-17-19-9-3-2-4-10-19/h2-13,16,23H,14-15,17H2,1H3,(H,26,27)/t23-/m0/s1. The van der Waals surface area contributed by atoms with Gasteiger partial charge in [-0.05, 0) is 42.2 Å². The van der Waals surface area contributed by atoms with E-state index < -0.39 is 11.9 Å². The van der Waals surface area contributed by atoms with Crippen LogP contribution in [-0.4, -0.2) is 16.9 Å². The third kappa shape index (κ3) is 5.55. The molecule has 29 heavy (non-hydrogen) atoms. The Bertz CT molecular complexity index is 979. The van der Waals surface area contributed by atoms with E-state index in [1.54, 1.807) is 18.2 Å². The second-order valence-corrected chi connectivity index (χ2v) is 7.01. The fourth-order valence-electron chi connectivity index (χ4n) is 3.35. The van der Waals surface area contributed by atoms with Crippen molar-refractivity contribution in [2.75, 3.05) is 0 Å². The summed E-state index contributed by atoms with van der Waals surface area (Å²) < 4.78 is 5.84. The molecule has 1 atom stereocenters. The summed E-state index contributed by atoms with van der Waals surface area (Å²) in [5, 5.41) is 9.12. The largest absolute Gasteiger partial charge is 0.489 e. The van der Waals surface area contributed by atoms with Gasteiger partial charge in [-0.25, -0.2) is 0 Å². The fraction of sp³-hybridized carbons (Fsp3) is 0.200. The number of benzene rings is 3. The number of carboxylic acids is 1. The number of ketones is 1. The predicted octanol–water partition coefficient (Wildman–Crippen LogP) is 5.41. The quantitative estimate of drug-likeness (QED) is 0.498. The molecule has 0 heterocycles. The van der Waals surface area contributed by atoms with E-state index >= 15 is 0 Å². The molecule has 0 saturated heterocycles. The van der Waals surface area contributed by atoms with Crippen molar-refractivity contribution in [2.24, 2.45) is 0 Å². The van der Waals surface area contributed by atoms with Crippen LogP contribution in [0.3, 0.4) is 0 Å². The maximum Gasteiger partial charge on any atom is 0.303 e. The lowest BCUT2D eigenvalue weighted by Crippen LogP contribution is -2.16. The average molecular weight is 388 g/mol. The topological polar surface area (TPSA) is 63.6 Å². The van der Waals surface area contributed by atoms with Gasteiger partial charge in [-0.1, -0.05) is 66.7 Å². The van der Waals surface area contributed by atoms with Gasteiger partial charge in [-0.3, -0.25) is 9.59 Å². The highest BCUT2D eigenvalue weighted by molar-refractivity contribution is 6.01. The van der Waals surface area contributed by atoms with Crippen LogP contribution >= 0.6 is 0 Å². The molecule has 148 valence electrons. The molecule has 4 heteroatoms. The molecule has 4 nitrogen and oxygen atoms in total. The Balaban J connectivity index is 1.81. The summed E-state index contributed by atoms with van der Waals surface area (Å²) in [4.78, 5) is 24.4. The Morgan fingerprint density at radius 1 is 0.931 bits per heavy atom. The molecule has 0 aliphatic heterocycles. The van der Waals surface area contributed by atoms with Gasteiger partial charge >= 0.3 is 5.97 Å². The lowest BCUT2D eigenvalue weighted by atomic mass is 9.85. The maximum atomic E-state index is 13.3. The van der Waals surface area contributed by atoms with E-state index in [-0.39, 0.29) is 18.6 Å². The molecular formula is C25H24O4. The van der Waals surface area contributed by atoms with Gasteiger partial charge in [0.25, 0.3) is 0 Å². The number of hydrogen-bond acceptors (Lipinski definition) is 3. The van der Waals surface area contributed by atoms with Gasteiger partial charge in [0.1, 0.15) is 12.4 Å². The van der Waals surface area contributed by atoms with E-state index in [9.17, 15) is 9.59 Å². The molecule has 0 aliphatic rings. The summed E-state index contributed by atoms with van der Waals surface area (Å²) in [6.07, 6.45) is 0.197. The summed E-state index contributed by atoms with van der Waals surface area (Å²) in [6.45, 7) is 2.36. The van der Waals surface area contributed by atoms with Crippen LogP contribution in [-0.2, 0) is 11.4 Å². The Kier molecular flexibility index (Phi) is 6.80. The average Bonchev–Trinajstić information content (AvgIpc) is 2.74. The van der Waals surface area contributed by atoms with Gasteiger partial charge in [-0.2, -0.15) is 0 Å². The zero-order valence-corrected chi connectivity index (χ0v) is 16.4. The van der Waals surface area contributed by atoms with E-state index in [4.69, 9.17) is 9.84 Å². The van der Waals surface area contributed by atoms with E-state index in [1.807, 2.05) is 67.6 Å². The normalized spacial score (nSPS) is 11.6. The van der Waals surface area contributed by atoms with Crippen LogP contribution in [0.15, 0.2) is 78.9 Å². The first-order valence-electron chi connectivity index (χ1n) is 9.63. The first-order chi connectivity index (χ1) is 14.0. The second-order valence-electron chi connectivity index (χ2n) is 7.01. The molecule has 0 aromatic heterocycles. The summed E-state index contributed by atoms with van der Waals surface area (Å²) in [6, 6.07) is 24.5. The fourth-order valence-corrected chi connectivity index (χ4v) is 3.35. The van der Waals surface area contributed by atoms with Gasteiger partial charge in [0, 0.05) is 17.9 Å². The van der Waals surface area contributed by atoms with E-state index in [0.29, 0.717) is 17.9 Å². The van der Waals surface area contributed by atoms with Crippen LogP contribution < -0.4 is 4.74 Å². The van der Waals surface area contributed by atoms with Gasteiger partial charge in [0.05, 0.1) is 0 Å². The Morgan fingerprint density at radius 3 is 2.38 bits per heavy atom. The highest BCUT2D eigenvalue weighted by Crippen LogP contribution is 2.29. The third-order valence-electron chi connectivity index (χ3n) is 4.89. The van der Waals surface area contributed by atoms with Gasteiger partial charge in [0.2, 0.25) is 0 Å². The minimum atomic E-state index is -0.906. The highest BCUT2D eigenvalue weighted by atomic mass is 16.5. The number of carboxylic acid groups (broad SMARTS) is 1. The third-order valence-corrected chi connectivity index (χ3v) is 4.89. The molecule has 0 spiro atoms. The predicted molar refractivity (Wildman–Crippen MR) is 112 cm³/mol. The zero-order valence-electron chi connectivity index (χ0n) is 16.4. The van der Waals surface area contributed by atoms with Crippen LogP contribution in [0.1, 0.15) is 45.8 Å². The highest BCUT2D eigenvalue weighted by Gasteiger charge is 2.24. The van der Waals surface area contributed by atoms with Crippen molar-refractivity contribution in [3.05, 3.63) is 101 Å². The van der Waals surface area contributed by atoms with Crippen molar-refractivity contribution in [3.8, 4) is 5.75 Å². The smallest absolute Gasteiger partial charge is 0.303 e. The Morgan fingerprint density at radius 2 is 1.66 bits per heavy atom. The van der Waals surface area contributed by atoms with Crippen molar-refractivity contribution in [3.63, 3.8) is 0 Å². The molecule has 3 aromatic carbocycles. The molecule has 0 aliphatic carbocycles. The molecule has 0 amide bonds. The van der Waals surface area contributed by atoms with E-state index in [2.05, 4.69) is 0 Å². The van der Waals surface area contributed by atoms with Crippen molar-refractivity contribution in [1.29, 1.82) is 0 Å². The molecule has 1 N–H and O–H groups in total. The van der Waals surface area contributed by atoms with Crippen molar-refractivity contribution < 1.29 is 19.4 Å². The molecule has 0 radical (unpaired) electrons. The molecule has 0 fully saturated rings. The molecule has 0 saturated carbocycles. The lowest BCUT2D eigenvalue weighted by Gasteiger charge is -2.18. The number of carbonyl (C=O) groups is 2. The van der Waals surface area contributed by atoms with Crippen molar-refractivity contribution in [2.45, 2.75) is 32.3 Å². The van der Waals surface area contributed by atoms with Crippen molar-refractivity contribution in [1.82, 2.24) is 0 Å². The summed E-state index contributed by atoms with van der Waals surface area (Å²) in [5.41, 5.74) is 3.42. The lowest BCUT2D eigenvalue weighted by molar-refractivity contribution is -0.137. The monoisotopic (exact) mass is 388 g/mol. The minimum Gasteiger partial charge on any atom is -0.489 e. The van der Waals surface area contributed by atoms with Crippen LogP contribution in [0.5, 0.6) is 5.75 Å². The summed E-state index contributed by atoms with van der Waals surface area (Å²) in [7, 11) is 0. The van der Waals surface area contributed by atoms with Gasteiger partial charge in [-0.15, -0.1) is 0 Å². The van der Waals surface area contributed by atoms with Crippen LogP contribution in [0.2, 0.25) is 0 Å². The summed E-state index contributed by atoms with van der Waals surface area (Å²) >= 11 is 0. The summed E-state index contributed by atoms with van der Waals surface area (Å²) in [5.74, 6) is -0.889. The Labute approximate surface area is 170 Å². The maximum absolute atomic E-state index is 13.3. The molecule has 0 bridgehead atoms. The molecule has 3 aromatic rings. The number of aliphatic carboxylic acids is 1.